The number of para-hydroxylation sites is 1. The molecule has 0 spiro atoms. The van der Waals surface area contributed by atoms with Crippen LogP contribution in [0, 0.1) is 0 Å². The Morgan fingerprint density at radius 1 is 1.14 bits per heavy atom. The highest BCUT2D eigenvalue weighted by atomic mass is 32.2. The molecule has 0 amide bonds. The molecule has 7 nitrogen and oxygen atoms in total. The monoisotopic (exact) mass is 300 g/mol. The van der Waals surface area contributed by atoms with E-state index < -0.39 is 0 Å². The minimum Gasteiger partial charge on any atom is -0.383 e. The number of benzene rings is 1. The molecule has 0 aliphatic heterocycles. The van der Waals surface area contributed by atoms with E-state index in [0.717, 1.165) is 10.9 Å². The molecule has 0 radical (unpaired) electrons. The smallest absolute Gasteiger partial charge is 0.253 e. The molecule has 21 heavy (non-hydrogen) atoms. The summed E-state index contributed by atoms with van der Waals surface area (Å²) in [4.78, 5) is 26.6. The maximum absolute atomic E-state index is 11.3. The van der Waals surface area contributed by atoms with Crippen molar-refractivity contribution in [2.45, 2.75) is 10.9 Å². The van der Waals surface area contributed by atoms with Gasteiger partial charge in [0.1, 0.15) is 17.5 Å². The molecule has 106 valence electrons. The number of nitrogens with two attached hydrogens (primary N) is 2. The van der Waals surface area contributed by atoms with E-state index in [1.165, 1.54) is 17.8 Å². The zero-order valence-corrected chi connectivity index (χ0v) is 11.7. The number of anilines is 2. The molecule has 3 aromatic rings. The van der Waals surface area contributed by atoms with E-state index in [9.17, 15) is 4.79 Å². The first-order valence-electron chi connectivity index (χ1n) is 6.12. The van der Waals surface area contributed by atoms with E-state index in [4.69, 9.17) is 11.5 Å². The number of hydrogen-bond donors (Lipinski definition) is 3. The fraction of sp³-hybridized carbons (Fsp3) is 0.0769. The van der Waals surface area contributed by atoms with Crippen LogP contribution in [0.5, 0.6) is 0 Å². The summed E-state index contributed by atoms with van der Waals surface area (Å²) in [5.74, 6) is 1.62. The van der Waals surface area contributed by atoms with Gasteiger partial charge in [0.2, 0.25) is 0 Å². The van der Waals surface area contributed by atoms with Crippen LogP contribution in [-0.2, 0) is 5.75 Å². The number of rotatable bonds is 3. The summed E-state index contributed by atoms with van der Waals surface area (Å²) >= 11 is 1.29. The Kier molecular flexibility index (Phi) is 3.44. The van der Waals surface area contributed by atoms with Crippen LogP contribution < -0.4 is 17.0 Å². The van der Waals surface area contributed by atoms with Crippen LogP contribution in [0.1, 0.15) is 5.82 Å². The summed E-state index contributed by atoms with van der Waals surface area (Å²) in [6.45, 7) is 0. The van der Waals surface area contributed by atoms with Crippen LogP contribution in [0.2, 0.25) is 0 Å². The summed E-state index contributed by atoms with van der Waals surface area (Å²) in [5, 5.41) is 1.25. The van der Waals surface area contributed by atoms with Gasteiger partial charge in [0, 0.05) is 11.5 Å². The van der Waals surface area contributed by atoms with Crippen molar-refractivity contribution in [3.63, 3.8) is 0 Å². The number of nitrogen functional groups attached to an aromatic ring is 2. The highest BCUT2D eigenvalue weighted by Gasteiger charge is 2.07. The largest absolute Gasteiger partial charge is 0.383 e. The van der Waals surface area contributed by atoms with E-state index in [1.54, 1.807) is 0 Å². The van der Waals surface area contributed by atoms with Crippen LogP contribution in [0.3, 0.4) is 0 Å². The number of nitrogens with one attached hydrogen (secondary N) is 1. The van der Waals surface area contributed by atoms with Gasteiger partial charge in [-0.2, -0.15) is 0 Å². The fourth-order valence-corrected chi connectivity index (χ4v) is 2.61. The SMILES string of the molecule is Nc1cc(=O)[nH]c(SCc2nc(N)c3ccccc3n2)n1. The van der Waals surface area contributed by atoms with Crippen LogP contribution in [0.15, 0.2) is 40.3 Å². The second kappa shape index (κ2) is 5.41. The van der Waals surface area contributed by atoms with Crippen LogP contribution in [0.25, 0.3) is 10.9 Å². The number of aromatic nitrogens is 4. The lowest BCUT2D eigenvalue weighted by molar-refractivity contribution is 0.941. The Bertz CT molecular complexity index is 863. The molecule has 0 fully saturated rings. The quantitative estimate of drug-likeness (QED) is 0.490. The van der Waals surface area contributed by atoms with Crippen molar-refractivity contribution in [3.8, 4) is 0 Å². The van der Waals surface area contributed by atoms with Gasteiger partial charge in [-0.05, 0) is 12.1 Å². The summed E-state index contributed by atoms with van der Waals surface area (Å²) in [7, 11) is 0. The number of aromatic amines is 1. The molecule has 0 aliphatic carbocycles. The molecule has 0 saturated heterocycles. The van der Waals surface area contributed by atoms with Gasteiger partial charge in [-0.15, -0.1) is 0 Å². The maximum Gasteiger partial charge on any atom is 0.253 e. The molecule has 0 unspecified atom stereocenters. The van der Waals surface area contributed by atoms with Crippen molar-refractivity contribution in [1.29, 1.82) is 0 Å². The van der Waals surface area contributed by atoms with E-state index in [-0.39, 0.29) is 11.4 Å². The molecule has 5 N–H and O–H groups in total. The van der Waals surface area contributed by atoms with Gasteiger partial charge in [0.25, 0.3) is 5.56 Å². The third-order valence-electron chi connectivity index (χ3n) is 2.76. The Morgan fingerprint density at radius 2 is 1.95 bits per heavy atom. The summed E-state index contributed by atoms with van der Waals surface area (Å²) in [5.41, 5.74) is 12.0. The predicted molar refractivity (Wildman–Crippen MR) is 82.8 cm³/mol. The first-order valence-corrected chi connectivity index (χ1v) is 7.11. The lowest BCUT2D eigenvalue weighted by Crippen LogP contribution is -2.09. The van der Waals surface area contributed by atoms with E-state index in [1.807, 2.05) is 24.3 Å². The molecule has 2 aromatic heterocycles. The number of H-pyrrole nitrogens is 1. The third kappa shape index (κ3) is 2.95. The molecule has 1 aromatic carbocycles. The number of thioether (sulfide) groups is 1. The van der Waals surface area contributed by atoms with Crippen molar-refractivity contribution >= 4 is 34.3 Å². The molecule has 0 saturated carbocycles. The molecular formula is C13H12N6OS. The number of fused-ring (bicyclic) bond motifs is 1. The van der Waals surface area contributed by atoms with Crippen molar-refractivity contribution in [2.24, 2.45) is 0 Å². The predicted octanol–water partition coefficient (Wildman–Crippen LogP) is 1.17. The Hall–Kier alpha value is -2.61. The summed E-state index contributed by atoms with van der Waals surface area (Å²) in [6, 6.07) is 8.76. The van der Waals surface area contributed by atoms with Gasteiger partial charge in [-0.3, -0.25) is 4.79 Å². The topological polar surface area (TPSA) is 124 Å². The van der Waals surface area contributed by atoms with Gasteiger partial charge in [0.05, 0.1) is 11.3 Å². The van der Waals surface area contributed by atoms with Gasteiger partial charge in [0.15, 0.2) is 5.16 Å². The average Bonchev–Trinajstić information content (AvgIpc) is 2.44. The molecule has 3 rings (SSSR count). The van der Waals surface area contributed by atoms with Crippen LogP contribution in [0.4, 0.5) is 11.6 Å². The minimum absolute atomic E-state index is 0.181. The van der Waals surface area contributed by atoms with E-state index in [2.05, 4.69) is 19.9 Å². The second-order valence-corrected chi connectivity index (χ2v) is 5.27. The average molecular weight is 300 g/mol. The zero-order chi connectivity index (χ0) is 14.8. The van der Waals surface area contributed by atoms with Crippen molar-refractivity contribution < 1.29 is 0 Å². The Labute approximate surface area is 123 Å². The standard InChI is InChI=1S/C13H12N6OS/c14-9-5-11(20)19-13(17-9)21-6-10-16-8-4-2-1-3-7(8)12(15)18-10/h1-5H,6H2,(H2,15,16,18)(H3,14,17,19,20). The molecule has 8 heteroatoms. The normalized spacial score (nSPS) is 10.9. The highest BCUT2D eigenvalue weighted by Crippen LogP contribution is 2.21. The Morgan fingerprint density at radius 3 is 2.76 bits per heavy atom. The van der Waals surface area contributed by atoms with E-state index >= 15 is 0 Å². The van der Waals surface area contributed by atoms with Gasteiger partial charge in [-0.1, -0.05) is 23.9 Å². The highest BCUT2D eigenvalue weighted by molar-refractivity contribution is 7.98. The Balaban J connectivity index is 1.86. The number of hydrogen-bond acceptors (Lipinski definition) is 7. The summed E-state index contributed by atoms with van der Waals surface area (Å²) in [6.07, 6.45) is 0. The molecule has 2 heterocycles. The van der Waals surface area contributed by atoms with Crippen molar-refractivity contribution in [1.82, 2.24) is 19.9 Å². The molecule has 0 bridgehead atoms. The van der Waals surface area contributed by atoms with E-state index in [0.29, 0.717) is 22.6 Å². The molecule has 0 aliphatic rings. The van der Waals surface area contributed by atoms with Gasteiger partial charge < -0.3 is 16.5 Å². The molecule has 0 atom stereocenters. The lowest BCUT2D eigenvalue weighted by atomic mass is 10.2. The minimum atomic E-state index is -0.288. The fourth-order valence-electron chi connectivity index (χ4n) is 1.87. The first-order chi connectivity index (χ1) is 10.1. The van der Waals surface area contributed by atoms with Gasteiger partial charge >= 0.3 is 0 Å². The van der Waals surface area contributed by atoms with Crippen LogP contribution >= 0.6 is 11.8 Å². The number of nitrogens with zero attached hydrogens (tertiary/aromatic N) is 3. The maximum atomic E-state index is 11.3. The van der Waals surface area contributed by atoms with Crippen molar-refractivity contribution in [2.75, 3.05) is 11.5 Å². The van der Waals surface area contributed by atoms with Gasteiger partial charge in [-0.25, -0.2) is 15.0 Å². The second-order valence-electron chi connectivity index (χ2n) is 4.31. The molecular weight excluding hydrogens is 288 g/mol. The van der Waals surface area contributed by atoms with Crippen LogP contribution in [-0.4, -0.2) is 19.9 Å². The zero-order valence-electron chi connectivity index (χ0n) is 10.9. The summed E-state index contributed by atoms with van der Waals surface area (Å²) < 4.78 is 0. The third-order valence-corrected chi connectivity index (χ3v) is 3.63. The van der Waals surface area contributed by atoms with Crippen molar-refractivity contribution in [3.05, 3.63) is 46.5 Å². The lowest BCUT2D eigenvalue weighted by Gasteiger charge is -2.05. The first kappa shape index (κ1) is 13.4.